The fourth-order valence-electron chi connectivity index (χ4n) is 2.95. The lowest BCUT2D eigenvalue weighted by atomic mass is 9.83. The van der Waals surface area contributed by atoms with Gasteiger partial charge in [-0.05, 0) is 41.8 Å². The minimum absolute atomic E-state index is 0.400. The second kappa shape index (κ2) is 7.97. The zero-order chi connectivity index (χ0) is 17.5. The summed E-state index contributed by atoms with van der Waals surface area (Å²) < 4.78 is 5.82. The van der Waals surface area contributed by atoms with Crippen LogP contribution in [0.5, 0.6) is 5.75 Å². The molecule has 0 heterocycles. The number of aliphatic hydroxyl groups is 1. The molecule has 25 heavy (non-hydrogen) atoms. The fourth-order valence-corrected chi connectivity index (χ4v) is 2.95. The third kappa shape index (κ3) is 4.08. The van der Waals surface area contributed by atoms with E-state index in [4.69, 9.17) is 10.5 Å². The fraction of sp³-hybridized carbons (Fsp3) is 0.182. The van der Waals surface area contributed by atoms with Gasteiger partial charge in [-0.15, -0.1) is 0 Å². The Morgan fingerprint density at radius 3 is 1.92 bits per heavy atom. The molecule has 1 atom stereocenters. The molecule has 3 nitrogen and oxygen atoms in total. The molecule has 0 saturated heterocycles. The molecule has 3 N–H and O–H groups in total. The maximum Gasteiger partial charge on any atom is 0.119 e. The first-order valence-corrected chi connectivity index (χ1v) is 8.47. The van der Waals surface area contributed by atoms with Crippen LogP contribution in [0.15, 0.2) is 84.9 Å². The molecule has 0 aromatic heterocycles. The number of hydrogen-bond acceptors (Lipinski definition) is 3. The summed E-state index contributed by atoms with van der Waals surface area (Å²) >= 11 is 0. The third-order valence-corrected chi connectivity index (χ3v) is 4.34. The van der Waals surface area contributed by atoms with Crippen LogP contribution in [0.4, 0.5) is 0 Å². The Morgan fingerprint density at radius 1 is 0.760 bits per heavy atom. The molecule has 0 aliphatic rings. The molecule has 0 radical (unpaired) electrons. The Balaban J connectivity index is 1.77. The lowest BCUT2D eigenvalue weighted by molar-refractivity contribution is 0.0736. The van der Waals surface area contributed by atoms with Crippen molar-refractivity contribution in [2.75, 3.05) is 6.54 Å². The molecule has 3 rings (SSSR count). The Hall–Kier alpha value is -2.62. The Morgan fingerprint density at radius 2 is 1.32 bits per heavy atom. The maximum absolute atomic E-state index is 11.2. The van der Waals surface area contributed by atoms with Gasteiger partial charge in [0.1, 0.15) is 18.0 Å². The first-order valence-electron chi connectivity index (χ1n) is 8.47. The van der Waals surface area contributed by atoms with E-state index in [2.05, 4.69) is 0 Å². The van der Waals surface area contributed by atoms with Crippen LogP contribution in [0.1, 0.15) is 23.1 Å². The number of nitrogens with two attached hydrogens (primary N) is 1. The van der Waals surface area contributed by atoms with Crippen molar-refractivity contribution in [3.8, 4) is 5.75 Å². The lowest BCUT2D eigenvalue weighted by Gasteiger charge is -2.29. The molecule has 0 aliphatic heterocycles. The van der Waals surface area contributed by atoms with E-state index in [9.17, 15) is 5.11 Å². The molecule has 0 fully saturated rings. The van der Waals surface area contributed by atoms with Gasteiger partial charge in [-0.3, -0.25) is 0 Å². The van der Waals surface area contributed by atoms with E-state index in [1.807, 2.05) is 84.9 Å². The highest BCUT2D eigenvalue weighted by atomic mass is 16.5. The van der Waals surface area contributed by atoms with Crippen LogP contribution in [0.25, 0.3) is 0 Å². The van der Waals surface area contributed by atoms with Crippen molar-refractivity contribution in [3.05, 3.63) is 102 Å². The Kier molecular flexibility index (Phi) is 5.49. The molecular formula is C22H23NO2. The number of benzene rings is 3. The Labute approximate surface area is 148 Å². The molecule has 128 valence electrons. The van der Waals surface area contributed by atoms with Crippen molar-refractivity contribution in [1.29, 1.82) is 0 Å². The first-order chi connectivity index (χ1) is 12.2. The monoisotopic (exact) mass is 333 g/mol. The third-order valence-electron chi connectivity index (χ3n) is 4.34. The average Bonchev–Trinajstić information content (AvgIpc) is 2.68. The topological polar surface area (TPSA) is 55.5 Å². The highest BCUT2D eigenvalue weighted by molar-refractivity contribution is 5.39. The van der Waals surface area contributed by atoms with Gasteiger partial charge in [0.2, 0.25) is 0 Å². The number of hydrogen-bond donors (Lipinski definition) is 2. The van der Waals surface area contributed by atoms with Crippen molar-refractivity contribution in [1.82, 2.24) is 0 Å². The van der Waals surface area contributed by atoms with E-state index in [-0.39, 0.29) is 0 Å². The van der Waals surface area contributed by atoms with Crippen molar-refractivity contribution in [2.24, 2.45) is 5.73 Å². The van der Waals surface area contributed by atoms with Crippen LogP contribution in [0, 0.1) is 0 Å². The van der Waals surface area contributed by atoms with Gasteiger partial charge in [-0.1, -0.05) is 72.8 Å². The van der Waals surface area contributed by atoms with Gasteiger partial charge < -0.3 is 15.6 Å². The van der Waals surface area contributed by atoms with Gasteiger partial charge in [-0.25, -0.2) is 0 Å². The second-order valence-corrected chi connectivity index (χ2v) is 6.06. The molecule has 0 saturated carbocycles. The summed E-state index contributed by atoms with van der Waals surface area (Å²) in [6.07, 6.45) is 0.460. The zero-order valence-electron chi connectivity index (χ0n) is 14.1. The van der Waals surface area contributed by atoms with E-state index in [0.29, 0.717) is 19.6 Å². The number of ether oxygens (including phenoxy) is 1. The molecule has 1 unspecified atom stereocenters. The van der Waals surface area contributed by atoms with Gasteiger partial charge in [-0.2, -0.15) is 0 Å². The summed E-state index contributed by atoms with van der Waals surface area (Å²) in [4.78, 5) is 0. The molecular weight excluding hydrogens is 310 g/mol. The van der Waals surface area contributed by atoms with Crippen molar-refractivity contribution < 1.29 is 9.84 Å². The summed E-state index contributed by atoms with van der Waals surface area (Å²) in [7, 11) is 0. The molecule has 0 bridgehead atoms. The van der Waals surface area contributed by atoms with Crippen LogP contribution in [-0.2, 0) is 12.2 Å². The van der Waals surface area contributed by atoms with Gasteiger partial charge in [0.05, 0.1) is 0 Å². The van der Waals surface area contributed by atoms with Crippen LogP contribution in [0.2, 0.25) is 0 Å². The zero-order valence-corrected chi connectivity index (χ0v) is 14.1. The molecule has 3 heteroatoms. The normalized spacial score (nSPS) is 13.2. The molecule has 3 aromatic carbocycles. The minimum Gasteiger partial charge on any atom is -0.489 e. The smallest absolute Gasteiger partial charge is 0.119 e. The Bertz CT molecular complexity index is 772. The van der Waals surface area contributed by atoms with Crippen LogP contribution in [-0.4, -0.2) is 11.7 Å². The summed E-state index contributed by atoms with van der Waals surface area (Å²) in [6, 6.07) is 27.3. The van der Waals surface area contributed by atoms with E-state index >= 15 is 0 Å². The van der Waals surface area contributed by atoms with Gasteiger partial charge in [0.25, 0.3) is 0 Å². The van der Waals surface area contributed by atoms with Crippen molar-refractivity contribution in [2.45, 2.75) is 18.6 Å². The van der Waals surface area contributed by atoms with Crippen molar-refractivity contribution in [3.63, 3.8) is 0 Å². The summed E-state index contributed by atoms with van der Waals surface area (Å²) in [5.74, 6) is 0.774. The van der Waals surface area contributed by atoms with E-state index in [1.54, 1.807) is 0 Å². The lowest BCUT2D eigenvalue weighted by Crippen LogP contribution is -2.30. The van der Waals surface area contributed by atoms with Gasteiger partial charge in [0.15, 0.2) is 0 Å². The van der Waals surface area contributed by atoms with Crippen LogP contribution in [0.3, 0.4) is 0 Å². The SMILES string of the molecule is NCCC(O)(c1ccccc1)c1ccc(OCc2ccccc2)cc1. The highest BCUT2D eigenvalue weighted by Gasteiger charge is 2.30. The summed E-state index contributed by atoms with van der Waals surface area (Å²) in [6.45, 7) is 0.920. The molecule has 0 aliphatic carbocycles. The van der Waals surface area contributed by atoms with Crippen LogP contribution >= 0.6 is 0 Å². The quantitative estimate of drug-likeness (QED) is 0.690. The van der Waals surface area contributed by atoms with Crippen molar-refractivity contribution >= 4 is 0 Å². The molecule has 0 spiro atoms. The van der Waals surface area contributed by atoms with E-state index in [0.717, 1.165) is 22.4 Å². The largest absolute Gasteiger partial charge is 0.489 e. The van der Waals surface area contributed by atoms with Gasteiger partial charge >= 0.3 is 0 Å². The highest BCUT2D eigenvalue weighted by Crippen LogP contribution is 2.33. The van der Waals surface area contributed by atoms with Gasteiger partial charge in [0, 0.05) is 0 Å². The standard InChI is InChI=1S/C22H23NO2/c23-16-15-22(24,19-9-5-2-6-10-19)20-11-13-21(14-12-20)25-17-18-7-3-1-4-8-18/h1-14,24H,15-17,23H2. The predicted octanol–water partition coefficient (Wildman–Crippen LogP) is 3.85. The number of rotatable bonds is 7. The summed E-state index contributed by atoms with van der Waals surface area (Å²) in [5, 5.41) is 11.2. The maximum atomic E-state index is 11.2. The second-order valence-electron chi connectivity index (χ2n) is 6.06. The molecule has 0 amide bonds. The molecule has 3 aromatic rings. The average molecular weight is 333 g/mol. The van der Waals surface area contributed by atoms with E-state index < -0.39 is 5.60 Å². The summed E-state index contributed by atoms with van der Waals surface area (Å²) in [5.41, 5.74) is 7.44. The van der Waals surface area contributed by atoms with Crippen LogP contribution < -0.4 is 10.5 Å². The minimum atomic E-state index is -1.09. The first kappa shape index (κ1) is 17.2. The van der Waals surface area contributed by atoms with E-state index in [1.165, 1.54) is 0 Å². The predicted molar refractivity (Wildman–Crippen MR) is 100 cm³/mol.